The summed E-state index contributed by atoms with van der Waals surface area (Å²) in [6, 6.07) is 2.59. The number of thiophene rings is 1. The van der Waals surface area contributed by atoms with E-state index in [0.717, 1.165) is 15.6 Å². The van der Waals surface area contributed by atoms with E-state index in [1.807, 2.05) is 0 Å². The van der Waals surface area contributed by atoms with E-state index >= 15 is 0 Å². The summed E-state index contributed by atoms with van der Waals surface area (Å²) in [6.07, 6.45) is 0. The number of hydrogen-bond acceptors (Lipinski definition) is 4. The maximum atomic E-state index is 12.0. The third kappa shape index (κ3) is 3.15. The van der Waals surface area contributed by atoms with E-state index in [1.54, 1.807) is 6.92 Å². The molecule has 0 spiro atoms. The van der Waals surface area contributed by atoms with E-state index in [1.165, 1.54) is 19.2 Å². The Morgan fingerprint density at radius 1 is 1.53 bits per heavy atom. The lowest BCUT2D eigenvalue weighted by Crippen LogP contribution is -2.27. The number of hydrogen-bond donors (Lipinski definition) is 1. The summed E-state index contributed by atoms with van der Waals surface area (Å²) in [5, 5.41) is 8.74. The molecular formula is C10H13NO4S2. The van der Waals surface area contributed by atoms with Crippen LogP contribution in [-0.4, -0.2) is 37.4 Å². The Hall–Kier alpha value is -1.18. The van der Waals surface area contributed by atoms with Gasteiger partial charge in [-0.15, -0.1) is 11.3 Å². The second-order valence-corrected chi connectivity index (χ2v) is 7.00. The molecule has 0 saturated heterocycles. The SMILES string of the molecule is C=C(C)CN(C)S(=O)(=O)c1ccc(C(=O)O)s1. The Kier molecular flexibility index (Phi) is 4.07. The topological polar surface area (TPSA) is 74.7 Å². The van der Waals surface area contributed by atoms with Crippen molar-refractivity contribution in [1.82, 2.24) is 4.31 Å². The van der Waals surface area contributed by atoms with Crippen molar-refractivity contribution in [3.8, 4) is 0 Å². The number of carbonyl (C=O) groups is 1. The van der Waals surface area contributed by atoms with E-state index in [4.69, 9.17) is 5.11 Å². The highest BCUT2D eigenvalue weighted by Gasteiger charge is 2.23. The standard InChI is InChI=1S/C10H13NO4S2/c1-7(2)6-11(3)17(14,15)9-5-4-8(16-9)10(12)13/h4-5H,1,6H2,2-3H3,(H,12,13). The minimum atomic E-state index is -3.62. The summed E-state index contributed by atoms with van der Waals surface area (Å²) in [6.45, 7) is 5.58. The van der Waals surface area contributed by atoms with Crippen LogP contribution in [0.5, 0.6) is 0 Å². The molecule has 7 heteroatoms. The second kappa shape index (κ2) is 4.99. The number of likely N-dealkylation sites (N-methyl/N-ethyl adjacent to an activating group) is 1. The summed E-state index contributed by atoms with van der Waals surface area (Å²) in [5.41, 5.74) is 0.714. The van der Waals surface area contributed by atoms with Gasteiger partial charge in [-0.3, -0.25) is 0 Å². The monoisotopic (exact) mass is 275 g/mol. The molecular weight excluding hydrogens is 262 g/mol. The van der Waals surface area contributed by atoms with E-state index in [2.05, 4.69) is 6.58 Å². The number of aromatic carboxylic acids is 1. The highest BCUT2D eigenvalue weighted by molar-refractivity contribution is 7.91. The fourth-order valence-corrected chi connectivity index (χ4v) is 3.78. The normalized spacial score (nSPS) is 11.7. The van der Waals surface area contributed by atoms with Gasteiger partial charge in [0.05, 0.1) is 0 Å². The number of nitrogens with zero attached hydrogens (tertiary/aromatic N) is 1. The van der Waals surface area contributed by atoms with Gasteiger partial charge in [-0.05, 0) is 19.1 Å². The first-order valence-electron chi connectivity index (χ1n) is 4.69. The van der Waals surface area contributed by atoms with Crippen molar-refractivity contribution in [3.05, 3.63) is 29.2 Å². The van der Waals surface area contributed by atoms with Gasteiger partial charge in [0, 0.05) is 13.6 Å². The van der Waals surface area contributed by atoms with Gasteiger partial charge in [-0.25, -0.2) is 13.2 Å². The quantitative estimate of drug-likeness (QED) is 0.829. The van der Waals surface area contributed by atoms with E-state index in [0.29, 0.717) is 5.57 Å². The van der Waals surface area contributed by atoms with Crippen LogP contribution in [0.2, 0.25) is 0 Å². The van der Waals surface area contributed by atoms with Gasteiger partial charge in [0.15, 0.2) is 0 Å². The average Bonchev–Trinajstić information content (AvgIpc) is 2.65. The number of sulfonamides is 1. The smallest absolute Gasteiger partial charge is 0.345 e. The van der Waals surface area contributed by atoms with Crippen molar-refractivity contribution >= 4 is 27.3 Å². The third-order valence-electron chi connectivity index (χ3n) is 1.95. The minimum Gasteiger partial charge on any atom is -0.477 e. The largest absolute Gasteiger partial charge is 0.477 e. The predicted octanol–water partition coefficient (Wildman–Crippen LogP) is 1.64. The fourth-order valence-electron chi connectivity index (χ4n) is 1.19. The molecule has 1 aromatic heterocycles. The maximum absolute atomic E-state index is 12.0. The molecule has 0 aliphatic heterocycles. The van der Waals surface area contributed by atoms with Crippen molar-refractivity contribution in [2.75, 3.05) is 13.6 Å². The van der Waals surface area contributed by atoms with Crippen molar-refractivity contribution in [2.24, 2.45) is 0 Å². The molecule has 94 valence electrons. The van der Waals surface area contributed by atoms with Crippen LogP contribution < -0.4 is 0 Å². The third-order valence-corrected chi connectivity index (χ3v) is 5.29. The lowest BCUT2D eigenvalue weighted by Gasteiger charge is -2.15. The van der Waals surface area contributed by atoms with Crippen LogP contribution in [0.25, 0.3) is 0 Å². The molecule has 0 atom stereocenters. The first-order chi connectivity index (χ1) is 7.75. The van der Waals surface area contributed by atoms with Crippen LogP contribution >= 0.6 is 11.3 Å². The van der Waals surface area contributed by atoms with Crippen LogP contribution in [-0.2, 0) is 10.0 Å². The molecule has 0 radical (unpaired) electrons. The summed E-state index contributed by atoms with van der Waals surface area (Å²) < 4.78 is 25.2. The molecule has 1 N–H and O–H groups in total. The van der Waals surface area contributed by atoms with Gasteiger partial charge in [0.1, 0.15) is 9.09 Å². The highest BCUT2D eigenvalue weighted by atomic mass is 32.2. The minimum absolute atomic E-state index is 0.00676. The molecule has 1 rings (SSSR count). The molecule has 0 aromatic carbocycles. The highest BCUT2D eigenvalue weighted by Crippen LogP contribution is 2.24. The summed E-state index contributed by atoms with van der Waals surface area (Å²) in [4.78, 5) is 10.7. The zero-order chi connectivity index (χ0) is 13.2. The second-order valence-electron chi connectivity index (χ2n) is 3.64. The van der Waals surface area contributed by atoms with Gasteiger partial charge in [0.2, 0.25) is 0 Å². The molecule has 1 aromatic rings. The first kappa shape index (κ1) is 13.9. The fraction of sp³-hybridized carbons (Fsp3) is 0.300. The van der Waals surface area contributed by atoms with Crippen LogP contribution in [0, 0.1) is 0 Å². The molecule has 1 heterocycles. The van der Waals surface area contributed by atoms with Gasteiger partial charge in [-0.1, -0.05) is 12.2 Å². The van der Waals surface area contributed by atoms with E-state index in [9.17, 15) is 13.2 Å². The van der Waals surface area contributed by atoms with Gasteiger partial charge >= 0.3 is 5.97 Å². The zero-order valence-electron chi connectivity index (χ0n) is 9.50. The molecule has 0 fully saturated rings. The summed E-state index contributed by atoms with van der Waals surface area (Å²) in [5.74, 6) is -1.13. The molecule has 0 bridgehead atoms. The first-order valence-corrected chi connectivity index (χ1v) is 6.94. The summed E-state index contributed by atoms with van der Waals surface area (Å²) >= 11 is 0.745. The van der Waals surface area contributed by atoms with Gasteiger partial charge < -0.3 is 5.11 Å². The lowest BCUT2D eigenvalue weighted by molar-refractivity contribution is 0.0702. The number of carboxylic acid groups (broad SMARTS) is 1. The van der Waals surface area contributed by atoms with E-state index < -0.39 is 16.0 Å². The van der Waals surface area contributed by atoms with Crippen LogP contribution in [0.3, 0.4) is 0 Å². The molecule has 0 amide bonds. The molecule has 0 unspecified atom stereocenters. The predicted molar refractivity (Wildman–Crippen MR) is 65.9 cm³/mol. The van der Waals surface area contributed by atoms with Crippen LogP contribution in [0.1, 0.15) is 16.6 Å². The Morgan fingerprint density at radius 3 is 2.53 bits per heavy atom. The van der Waals surface area contributed by atoms with E-state index in [-0.39, 0.29) is 15.6 Å². The summed E-state index contributed by atoms with van der Waals surface area (Å²) in [7, 11) is -2.18. The van der Waals surface area contributed by atoms with Crippen LogP contribution in [0.4, 0.5) is 0 Å². The van der Waals surface area contributed by atoms with Crippen molar-refractivity contribution in [3.63, 3.8) is 0 Å². The molecule has 0 aliphatic carbocycles. The molecule has 17 heavy (non-hydrogen) atoms. The number of carboxylic acids is 1. The Balaban J connectivity index is 3.04. The Bertz CT molecular complexity index is 544. The van der Waals surface area contributed by atoms with Crippen molar-refractivity contribution in [1.29, 1.82) is 0 Å². The Labute approximate surface area is 104 Å². The lowest BCUT2D eigenvalue weighted by atomic mass is 10.4. The Morgan fingerprint density at radius 2 is 2.12 bits per heavy atom. The molecule has 5 nitrogen and oxygen atoms in total. The zero-order valence-corrected chi connectivity index (χ0v) is 11.1. The van der Waals surface area contributed by atoms with Gasteiger partial charge in [0.25, 0.3) is 10.0 Å². The van der Waals surface area contributed by atoms with Crippen molar-refractivity contribution in [2.45, 2.75) is 11.1 Å². The average molecular weight is 275 g/mol. The molecule has 0 aliphatic rings. The number of rotatable bonds is 5. The maximum Gasteiger partial charge on any atom is 0.345 e. The van der Waals surface area contributed by atoms with Gasteiger partial charge in [-0.2, -0.15) is 4.31 Å². The molecule has 0 saturated carbocycles. The van der Waals surface area contributed by atoms with Crippen LogP contribution in [0.15, 0.2) is 28.5 Å². The van der Waals surface area contributed by atoms with Crippen molar-refractivity contribution < 1.29 is 18.3 Å².